The maximum absolute atomic E-state index is 12.3. The van der Waals surface area contributed by atoms with Crippen molar-refractivity contribution >= 4 is 16.6 Å². The highest BCUT2D eigenvalue weighted by Gasteiger charge is 2.10. The van der Waals surface area contributed by atoms with E-state index in [4.69, 9.17) is 5.26 Å². The summed E-state index contributed by atoms with van der Waals surface area (Å²) in [6.07, 6.45) is 1.71. The number of aryl methyl sites for hydroxylation is 1. The highest BCUT2D eigenvalue weighted by Crippen LogP contribution is 2.16. The summed E-state index contributed by atoms with van der Waals surface area (Å²) in [5.41, 5.74) is 2.82. The van der Waals surface area contributed by atoms with Crippen LogP contribution in [0, 0.1) is 11.3 Å². The van der Waals surface area contributed by atoms with Crippen LogP contribution in [0.3, 0.4) is 0 Å². The highest BCUT2D eigenvalue weighted by molar-refractivity contribution is 5.79. The van der Waals surface area contributed by atoms with Crippen LogP contribution in [-0.4, -0.2) is 8.97 Å². The average molecular weight is 237 g/mol. The number of aromatic nitrogens is 2. The molecule has 0 N–H and O–H groups in total. The number of nitrogens with zero attached hydrogens (tertiary/aromatic N) is 3. The van der Waals surface area contributed by atoms with Gasteiger partial charge in [0.05, 0.1) is 16.6 Å². The second-order valence-electron chi connectivity index (χ2n) is 4.13. The highest BCUT2D eigenvalue weighted by atomic mass is 16.1. The van der Waals surface area contributed by atoms with E-state index < -0.39 is 0 Å². The van der Waals surface area contributed by atoms with Gasteiger partial charge in [0.1, 0.15) is 11.6 Å². The predicted molar refractivity (Wildman–Crippen MR) is 69.6 cm³/mol. The number of rotatable bonds is 1. The van der Waals surface area contributed by atoms with E-state index >= 15 is 0 Å². The molecule has 0 aliphatic rings. The van der Waals surface area contributed by atoms with Crippen molar-refractivity contribution in [3.63, 3.8) is 0 Å². The summed E-state index contributed by atoms with van der Waals surface area (Å²) in [4.78, 5) is 12.3. The van der Waals surface area contributed by atoms with Gasteiger partial charge in [0.25, 0.3) is 5.56 Å². The van der Waals surface area contributed by atoms with E-state index in [1.165, 1.54) is 0 Å². The number of hydrogen-bond acceptors (Lipinski definition) is 2. The van der Waals surface area contributed by atoms with Crippen molar-refractivity contribution in [2.24, 2.45) is 0 Å². The molecule has 2 heterocycles. The van der Waals surface area contributed by atoms with E-state index in [0.717, 1.165) is 11.0 Å². The molecule has 0 radical (unpaired) electrons. The van der Waals surface area contributed by atoms with Crippen LogP contribution in [0.2, 0.25) is 0 Å². The summed E-state index contributed by atoms with van der Waals surface area (Å²) in [7, 11) is 0. The zero-order valence-corrected chi connectivity index (χ0v) is 9.92. The van der Waals surface area contributed by atoms with Gasteiger partial charge >= 0.3 is 0 Å². The Balaban J connectivity index is 2.65. The number of hydrogen-bond donors (Lipinski definition) is 0. The lowest BCUT2D eigenvalue weighted by atomic mass is 10.3. The van der Waals surface area contributed by atoms with Gasteiger partial charge < -0.3 is 8.97 Å². The molecule has 88 valence electrons. The Bertz CT molecular complexity index is 849. The first-order valence-electron chi connectivity index (χ1n) is 5.80. The first-order chi connectivity index (χ1) is 8.76. The van der Waals surface area contributed by atoms with Crippen molar-refractivity contribution in [3.05, 3.63) is 52.4 Å². The Hall–Kier alpha value is -2.54. The summed E-state index contributed by atoms with van der Waals surface area (Å²) >= 11 is 0. The Labute approximate surface area is 103 Å². The van der Waals surface area contributed by atoms with Gasteiger partial charge in [-0.2, -0.15) is 5.26 Å². The molecule has 0 aliphatic heterocycles. The van der Waals surface area contributed by atoms with Crippen molar-refractivity contribution in [3.8, 4) is 6.07 Å². The Morgan fingerprint density at radius 3 is 2.61 bits per heavy atom. The third-order valence-corrected chi connectivity index (χ3v) is 3.16. The molecule has 0 amide bonds. The van der Waals surface area contributed by atoms with E-state index in [2.05, 4.69) is 6.07 Å². The van der Waals surface area contributed by atoms with Gasteiger partial charge in [-0.3, -0.25) is 4.79 Å². The third-order valence-electron chi connectivity index (χ3n) is 3.16. The average Bonchev–Trinajstić information content (AvgIpc) is 2.84. The fraction of sp³-hybridized carbons (Fsp3) is 0.143. The van der Waals surface area contributed by atoms with Crippen molar-refractivity contribution in [2.75, 3.05) is 0 Å². The minimum absolute atomic E-state index is 0.0577. The van der Waals surface area contributed by atoms with E-state index in [1.807, 2.05) is 31.2 Å². The van der Waals surface area contributed by atoms with Crippen LogP contribution < -0.4 is 5.56 Å². The number of benzene rings is 1. The zero-order valence-electron chi connectivity index (χ0n) is 9.92. The SMILES string of the molecule is CCn1c(=O)c2cc(C#N)cn2c2ccccc21. The fourth-order valence-corrected chi connectivity index (χ4v) is 2.35. The maximum Gasteiger partial charge on any atom is 0.275 e. The molecule has 3 rings (SSSR count). The molecule has 0 saturated carbocycles. The summed E-state index contributed by atoms with van der Waals surface area (Å²) in [6.45, 7) is 2.56. The lowest BCUT2D eigenvalue weighted by Crippen LogP contribution is -2.21. The maximum atomic E-state index is 12.3. The van der Waals surface area contributed by atoms with Crippen molar-refractivity contribution in [2.45, 2.75) is 13.5 Å². The molecule has 0 atom stereocenters. The monoisotopic (exact) mass is 237 g/mol. The van der Waals surface area contributed by atoms with Crippen molar-refractivity contribution < 1.29 is 0 Å². The molecule has 0 fully saturated rings. The fourth-order valence-electron chi connectivity index (χ4n) is 2.35. The molecular weight excluding hydrogens is 226 g/mol. The Morgan fingerprint density at radius 2 is 1.94 bits per heavy atom. The van der Waals surface area contributed by atoms with Crippen LogP contribution in [-0.2, 0) is 6.54 Å². The molecule has 2 aromatic heterocycles. The molecule has 0 aliphatic carbocycles. The first kappa shape index (κ1) is 10.6. The Kier molecular flexibility index (Phi) is 2.20. The van der Waals surface area contributed by atoms with Gasteiger partial charge in [-0.15, -0.1) is 0 Å². The quantitative estimate of drug-likeness (QED) is 0.651. The molecular formula is C14H11N3O. The standard InChI is InChI=1S/C14H11N3O/c1-2-16-11-5-3-4-6-12(11)17-9-10(8-15)7-13(17)14(16)18/h3-7,9H,2H2,1H3. The van der Waals surface area contributed by atoms with Crippen LogP contribution in [0.5, 0.6) is 0 Å². The first-order valence-corrected chi connectivity index (χ1v) is 5.80. The van der Waals surface area contributed by atoms with Gasteiger partial charge in [0.2, 0.25) is 0 Å². The predicted octanol–water partition coefficient (Wildman–Crippen LogP) is 2.15. The normalized spacial score (nSPS) is 10.9. The number of para-hydroxylation sites is 2. The van der Waals surface area contributed by atoms with Gasteiger partial charge in [0.15, 0.2) is 0 Å². The van der Waals surface area contributed by atoms with E-state index in [0.29, 0.717) is 17.6 Å². The summed E-state index contributed by atoms with van der Waals surface area (Å²) in [5.74, 6) is 0. The molecule has 4 heteroatoms. The van der Waals surface area contributed by atoms with Crippen LogP contribution in [0.15, 0.2) is 41.3 Å². The smallest absolute Gasteiger partial charge is 0.275 e. The van der Waals surface area contributed by atoms with E-state index in [1.54, 1.807) is 21.2 Å². The van der Waals surface area contributed by atoms with Crippen LogP contribution in [0.1, 0.15) is 12.5 Å². The van der Waals surface area contributed by atoms with E-state index in [-0.39, 0.29) is 5.56 Å². The lowest BCUT2D eigenvalue weighted by Gasteiger charge is -2.09. The molecule has 0 saturated heterocycles. The third kappa shape index (κ3) is 1.28. The molecule has 0 spiro atoms. The molecule has 4 nitrogen and oxygen atoms in total. The minimum atomic E-state index is -0.0577. The summed E-state index contributed by atoms with van der Waals surface area (Å²) in [6, 6.07) is 11.4. The second kappa shape index (κ2) is 3.74. The van der Waals surface area contributed by atoms with Crippen molar-refractivity contribution in [1.29, 1.82) is 5.26 Å². The van der Waals surface area contributed by atoms with Gasteiger partial charge in [-0.05, 0) is 25.1 Å². The second-order valence-corrected chi connectivity index (χ2v) is 4.13. The van der Waals surface area contributed by atoms with E-state index in [9.17, 15) is 4.79 Å². The Morgan fingerprint density at radius 1 is 1.22 bits per heavy atom. The van der Waals surface area contributed by atoms with Gasteiger partial charge in [0, 0.05) is 12.7 Å². The van der Waals surface area contributed by atoms with Crippen LogP contribution >= 0.6 is 0 Å². The summed E-state index contributed by atoms with van der Waals surface area (Å²) in [5, 5.41) is 8.96. The van der Waals surface area contributed by atoms with Crippen molar-refractivity contribution in [1.82, 2.24) is 8.97 Å². The molecule has 1 aromatic carbocycles. The van der Waals surface area contributed by atoms with Gasteiger partial charge in [-0.25, -0.2) is 0 Å². The van der Waals surface area contributed by atoms with Gasteiger partial charge in [-0.1, -0.05) is 12.1 Å². The largest absolute Gasteiger partial charge is 0.309 e. The molecule has 0 unspecified atom stereocenters. The zero-order chi connectivity index (χ0) is 12.7. The van der Waals surface area contributed by atoms with Crippen LogP contribution in [0.4, 0.5) is 0 Å². The molecule has 3 aromatic rings. The minimum Gasteiger partial charge on any atom is -0.309 e. The number of fused-ring (bicyclic) bond motifs is 3. The summed E-state index contributed by atoms with van der Waals surface area (Å²) < 4.78 is 3.52. The topological polar surface area (TPSA) is 50.2 Å². The number of nitriles is 1. The lowest BCUT2D eigenvalue weighted by molar-refractivity contribution is 0.759. The molecule has 18 heavy (non-hydrogen) atoms. The molecule has 0 bridgehead atoms. The van der Waals surface area contributed by atoms with Crippen LogP contribution in [0.25, 0.3) is 16.6 Å².